The van der Waals surface area contributed by atoms with Crippen molar-refractivity contribution in [1.29, 1.82) is 0 Å². The molecule has 4 rings (SSSR count). The zero-order valence-electron chi connectivity index (χ0n) is 16.8. The van der Waals surface area contributed by atoms with Crippen molar-refractivity contribution in [2.45, 2.75) is 31.6 Å². The third-order valence-electron chi connectivity index (χ3n) is 4.80. The minimum Gasteiger partial charge on any atom is -0.475 e. The molecule has 7 nitrogen and oxygen atoms in total. The van der Waals surface area contributed by atoms with Gasteiger partial charge in [-0.2, -0.15) is 13.2 Å². The van der Waals surface area contributed by atoms with E-state index in [9.17, 15) is 18.0 Å². The van der Waals surface area contributed by atoms with E-state index in [4.69, 9.17) is 9.90 Å². The van der Waals surface area contributed by atoms with E-state index in [1.54, 1.807) is 12.4 Å². The SMILES string of the molecule is O=C(CC(c1ccccc1)c1ncc[nH]1)Nc1ccc2c(c1)CNC2.O=C(O)C(F)(F)F. The number of hydrogen-bond acceptors (Lipinski definition) is 4. The number of aromatic nitrogens is 2. The number of alkyl halides is 3. The Morgan fingerprint density at radius 3 is 2.41 bits per heavy atom. The van der Waals surface area contributed by atoms with E-state index >= 15 is 0 Å². The summed E-state index contributed by atoms with van der Waals surface area (Å²) in [5.74, 6) is -2.06. The van der Waals surface area contributed by atoms with Crippen molar-refractivity contribution in [3.05, 3.63) is 83.4 Å². The molecule has 3 aromatic rings. The van der Waals surface area contributed by atoms with E-state index in [1.807, 2.05) is 36.4 Å². The third kappa shape index (κ3) is 6.17. The summed E-state index contributed by atoms with van der Waals surface area (Å²) in [7, 11) is 0. The van der Waals surface area contributed by atoms with Crippen LogP contribution in [0.5, 0.6) is 0 Å². The van der Waals surface area contributed by atoms with Gasteiger partial charge in [0.05, 0.1) is 5.92 Å². The van der Waals surface area contributed by atoms with E-state index in [-0.39, 0.29) is 11.8 Å². The van der Waals surface area contributed by atoms with E-state index < -0.39 is 12.1 Å². The van der Waals surface area contributed by atoms with Crippen LogP contribution in [0, 0.1) is 0 Å². The molecule has 0 fully saturated rings. The maximum atomic E-state index is 12.6. The lowest BCUT2D eigenvalue weighted by molar-refractivity contribution is -0.192. The predicted molar refractivity (Wildman–Crippen MR) is 111 cm³/mol. The van der Waals surface area contributed by atoms with Gasteiger partial charge < -0.3 is 20.7 Å². The largest absolute Gasteiger partial charge is 0.490 e. The average Bonchev–Trinajstić information content (AvgIpc) is 3.44. The Balaban J connectivity index is 0.000000360. The Bertz CT molecular complexity index is 1050. The molecule has 1 unspecified atom stereocenters. The number of carbonyl (C=O) groups excluding carboxylic acids is 1. The van der Waals surface area contributed by atoms with Crippen molar-refractivity contribution < 1.29 is 27.9 Å². The molecule has 1 aliphatic rings. The van der Waals surface area contributed by atoms with Crippen LogP contribution in [0.25, 0.3) is 0 Å². The number of rotatable bonds is 5. The maximum Gasteiger partial charge on any atom is 0.490 e. The summed E-state index contributed by atoms with van der Waals surface area (Å²) in [5, 5.41) is 13.5. The van der Waals surface area contributed by atoms with Gasteiger partial charge in [0.15, 0.2) is 0 Å². The molecular weight excluding hydrogens is 425 g/mol. The van der Waals surface area contributed by atoms with Crippen LogP contribution in [0.3, 0.4) is 0 Å². The van der Waals surface area contributed by atoms with Gasteiger partial charge in [0, 0.05) is 37.6 Å². The standard InChI is InChI=1S/C20H20N4O.C2HF3O2/c25-19(24-17-7-6-15-12-21-13-16(15)10-17)11-18(20-22-8-9-23-20)14-4-2-1-3-5-14;3-2(4,5)1(6)7/h1-10,18,21H,11-13H2,(H,22,23)(H,24,25);(H,6,7). The number of amides is 1. The molecule has 10 heteroatoms. The second kappa shape index (κ2) is 10.1. The first-order valence-corrected chi connectivity index (χ1v) is 9.70. The number of carbonyl (C=O) groups is 2. The zero-order valence-corrected chi connectivity index (χ0v) is 16.8. The molecule has 0 spiro atoms. The van der Waals surface area contributed by atoms with Gasteiger partial charge >= 0.3 is 12.1 Å². The maximum absolute atomic E-state index is 12.6. The molecule has 1 amide bonds. The van der Waals surface area contributed by atoms with Crippen molar-refractivity contribution in [3.8, 4) is 0 Å². The molecule has 1 aliphatic heterocycles. The molecule has 0 saturated carbocycles. The molecule has 168 valence electrons. The highest BCUT2D eigenvalue weighted by atomic mass is 19.4. The molecule has 2 aromatic carbocycles. The molecule has 0 radical (unpaired) electrons. The lowest BCUT2D eigenvalue weighted by atomic mass is 9.94. The minimum atomic E-state index is -5.08. The Labute approximate surface area is 181 Å². The summed E-state index contributed by atoms with van der Waals surface area (Å²) in [6.07, 6.45) is -1.24. The van der Waals surface area contributed by atoms with Crippen LogP contribution in [0.15, 0.2) is 60.9 Å². The Morgan fingerprint density at radius 1 is 1.09 bits per heavy atom. The molecule has 0 bridgehead atoms. The highest BCUT2D eigenvalue weighted by molar-refractivity contribution is 5.91. The molecule has 4 N–H and O–H groups in total. The Hall–Kier alpha value is -3.66. The number of H-pyrrole nitrogens is 1. The smallest absolute Gasteiger partial charge is 0.475 e. The van der Waals surface area contributed by atoms with Crippen LogP contribution in [0.1, 0.15) is 34.9 Å². The molecule has 2 heterocycles. The number of aliphatic carboxylic acids is 1. The van der Waals surface area contributed by atoms with Crippen LogP contribution >= 0.6 is 0 Å². The monoisotopic (exact) mass is 446 g/mol. The number of hydrogen-bond donors (Lipinski definition) is 4. The number of carboxylic acid groups (broad SMARTS) is 1. The molecule has 0 aliphatic carbocycles. The fraction of sp³-hybridized carbons (Fsp3) is 0.227. The van der Waals surface area contributed by atoms with Crippen LogP contribution in [0.2, 0.25) is 0 Å². The molecule has 0 saturated heterocycles. The fourth-order valence-electron chi connectivity index (χ4n) is 3.30. The van der Waals surface area contributed by atoms with Crippen molar-refractivity contribution in [2.24, 2.45) is 0 Å². The van der Waals surface area contributed by atoms with Crippen molar-refractivity contribution in [1.82, 2.24) is 15.3 Å². The van der Waals surface area contributed by atoms with Gasteiger partial charge in [-0.1, -0.05) is 36.4 Å². The van der Waals surface area contributed by atoms with Crippen molar-refractivity contribution in [2.75, 3.05) is 5.32 Å². The average molecular weight is 446 g/mol. The number of carboxylic acids is 1. The summed E-state index contributed by atoms with van der Waals surface area (Å²) in [6, 6.07) is 16.1. The Kier molecular flexibility index (Phi) is 7.26. The van der Waals surface area contributed by atoms with Crippen LogP contribution in [0.4, 0.5) is 18.9 Å². The summed E-state index contributed by atoms with van der Waals surface area (Å²) in [4.78, 5) is 29.0. The number of imidazole rings is 1. The second-order valence-electron chi connectivity index (χ2n) is 7.08. The number of halogens is 3. The van der Waals surface area contributed by atoms with Crippen molar-refractivity contribution >= 4 is 17.6 Å². The van der Waals surface area contributed by atoms with Gasteiger partial charge in [0.2, 0.25) is 5.91 Å². The van der Waals surface area contributed by atoms with Gasteiger partial charge in [-0.15, -0.1) is 0 Å². The van der Waals surface area contributed by atoms with Gasteiger partial charge in [0.25, 0.3) is 0 Å². The van der Waals surface area contributed by atoms with E-state index in [1.165, 1.54) is 11.1 Å². The highest BCUT2D eigenvalue weighted by Crippen LogP contribution is 2.26. The van der Waals surface area contributed by atoms with E-state index in [2.05, 4.69) is 32.7 Å². The number of benzene rings is 2. The minimum absolute atomic E-state index is 0.0174. The predicted octanol–water partition coefficient (Wildman–Crippen LogP) is 3.81. The zero-order chi connectivity index (χ0) is 23.1. The number of fused-ring (bicyclic) bond motifs is 1. The highest BCUT2D eigenvalue weighted by Gasteiger charge is 2.38. The summed E-state index contributed by atoms with van der Waals surface area (Å²) < 4.78 is 31.7. The number of nitrogens with one attached hydrogen (secondary N) is 3. The lowest BCUT2D eigenvalue weighted by Gasteiger charge is -2.15. The topological polar surface area (TPSA) is 107 Å². The van der Waals surface area contributed by atoms with E-state index in [0.717, 1.165) is 30.2 Å². The summed E-state index contributed by atoms with van der Waals surface area (Å²) in [5.41, 5.74) is 4.48. The number of anilines is 1. The lowest BCUT2D eigenvalue weighted by Crippen LogP contribution is -2.21. The molecule has 1 aromatic heterocycles. The van der Waals surface area contributed by atoms with Crippen LogP contribution in [-0.4, -0.2) is 33.1 Å². The fourth-order valence-corrected chi connectivity index (χ4v) is 3.30. The quantitative estimate of drug-likeness (QED) is 0.477. The first-order chi connectivity index (χ1) is 15.2. The summed E-state index contributed by atoms with van der Waals surface area (Å²) >= 11 is 0. The summed E-state index contributed by atoms with van der Waals surface area (Å²) in [6.45, 7) is 1.76. The van der Waals surface area contributed by atoms with Crippen molar-refractivity contribution in [3.63, 3.8) is 0 Å². The third-order valence-corrected chi connectivity index (χ3v) is 4.80. The molecular formula is C22H21F3N4O3. The first kappa shape index (κ1) is 23.0. The number of aromatic amines is 1. The van der Waals surface area contributed by atoms with Crippen LogP contribution in [-0.2, 0) is 22.7 Å². The van der Waals surface area contributed by atoms with Gasteiger partial charge in [0.1, 0.15) is 5.82 Å². The molecule has 32 heavy (non-hydrogen) atoms. The molecule has 1 atom stereocenters. The van der Waals surface area contributed by atoms with E-state index in [0.29, 0.717) is 6.42 Å². The number of nitrogens with zero attached hydrogens (tertiary/aromatic N) is 1. The normalized spacial score (nSPS) is 13.5. The van der Waals surface area contributed by atoms with Gasteiger partial charge in [-0.25, -0.2) is 9.78 Å². The Morgan fingerprint density at radius 2 is 1.78 bits per heavy atom. The second-order valence-corrected chi connectivity index (χ2v) is 7.08. The van der Waals surface area contributed by atoms with Gasteiger partial charge in [-0.3, -0.25) is 4.79 Å². The van der Waals surface area contributed by atoms with Gasteiger partial charge in [-0.05, 0) is 28.8 Å². The first-order valence-electron chi connectivity index (χ1n) is 9.70. The van der Waals surface area contributed by atoms with Crippen LogP contribution < -0.4 is 10.6 Å².